The molecule has 27 heavy (non-hydrogen) atoms. The van der Waals surface area contributed by atoms with Crippen molar-refractivity contribution in [1.82, 2.24) is 19.9 Å². The average molecular weight is 390 g/mol. The number of likely N-dealkylation sites (tertiary alicyclic amines) is 1. The molecule has 1 aliphatic rings. The van der Waals surface area contributed by atoms with Crippen LogP contribution in [0.5, 0.6) is 0 Å². The first-order valence-electron chi connectivity index (χ1n) is 9.27. The van der Waals surface area contributed by atoms with Gasteiger partial charge in [-0.2, -0.15) is 0 Å². The van der Waals surface area contributed by atoms with Crippen molar-refractivity contribution in [3.8, 4) is 0 Å². The molecule has 0 aromatic carbocycles. The van der Waals surface area contributed by atoms with Gasteiger partial charge in [0.2, 0.25) is 0 Å². The van der Waals surface area contributed by atoms with Gasteiger partial charge in [0.15, 0.2) is 5.13 Å². The van der Waals surface area contributed by atoms with Gasteiger partial charge >= 0.3 is 6.09 Å². The lowest BCUT2D eigenvalue weighted by molar-refractivity contribution is 0.0184. The Morgan fingerprint density at radius 3 is 2.70 bits per heavy atom. The third kappa shape index (κ3) is 5.89. The minimum Gasteiger partial charge on any atom is -0.444 e. The van der Waals surface area contributed by atoms with Gasteiger partial charge in [-0.3, -0.25) is 0 Å². The average Bonchev–Trinajstić information content (AvgIpc) is 3.06. The molecule has 0 radical (unpaired) electrons. The summed E-state index contributed by atoms with van der Waals surface area (Å²) in [6.45, 7) is 9.09. The summed E-state index contributed by atoms with van der Waals surface area (Å²) in [5.41, 5.74) is 0.481. The van der Waals surface area contributed by atoms with Crippen LogP contribution >= 0.6 is 11.3 Å². The number of nitrogens with one attached hydrogen (secondary N) is 1. The van der Waals surface area contributed by atoms with Gasteiger partial charge in [-0.1, -0.05) is 0 Å². The first-order chi connectivity index (χ1) is 12.8. The summed E-state index contributed by atoms with van der Waals surface area (Å²) in [6.07, 6.45) is 4.23. The van der Waals surface area contributed by atoms with Crippen LogP contribution in [-0.2, 0) is 11.2 Å². The van der Waals surface area contributed by atoms with Crippen molar-refractivity contribution >= 4 is 28.4 Å². The summed E-state index contributed by atoms with van der Waals surface area (Å²) in [7, 11) is 0. The van der Waals surface area contributed by atoms with Gasteiger partial charge in [0.25, 0.3) is 0 Å². The molecule has 7 nitrogen and oxygen atoms in total. The SMILES string of the molecule is Cc1cc(Nc2nccs2)nc(CC2CCN(C(=O)OC(C)(C)C)CC2)n1. The summed E-state index contributed by atoms with van der Waals surface area (Å²) in [4.78, 5) is 27.5. The topological polar surface area (TPSA) is 80.2 Å². The zero-order valence-corrected chi connectivity index (χ0v) is 17.2. The van der Waals surface area contributed by atoms with Gasteiger partial charge in [0.1, 0.15) is 17.2 Å². The van der Waals surface area contributed by atoms with Crippen LogP contribution in [0.3, 0.4) is 0 Å². The molecule has 146 valence electrons. The van der Waals surface area contributed by atoms with Gasteiger partial charge in [-0.25, -0.2) is 19.7 Å². The molecular formula is C19H27N5O2S. The number of amides is 1. The van der Waals surface area contributed by atoms with Gasteiger partial charge in [0.05, 0.1) is 0 Å². The Labute approximate surface area is 164 Å². The van der Waals surface area contributed by atoms with Crippen LogP contribution in [-0.4, -0.2) is 44.6 Å². The van der Waals surface area contributed by atoms with Crippen LogP contribution in [0, 0.1) is 12.8 Å². The van der Waals surface area contributed by atoms with Gasteiger partial charge < -0.3 is 15.0 Å². The Bertz CT molecular complexity index is 765. The third-order valence-corrected chi connectivity index (χ3v) is 4.99. The second-order valence-electron chi connectivity index (χ2n) is 7.89. The number of aryl methyl sites for hydroxylation is 1. The summed E-state index contributed by atoms with van der Waals surface area (Å²) in [5, 5.41) is 5.98. The monoisotopic (exact) mass is 389 g/mol. The second kappa shape index (κ2) is 8.21. The van der Waals surface area contributed by atoms with Crippen molar-refractivity contribution in [2.45, 2.75) is 52.6 Å². The molecule has 0 atom stereocenters. The smallest absolute Gasteiger partial charge is 0.410 e. The molecule has 1 saturated heterocycles. The zero-order valence-electron chi connectivity index (χ0n) is 16.4. The first kappa shape index (κ1) is 19.5. The van der Waals surface area contributed by atoms with Crippen molar-refractivity contribution in [1.29, 1.82) is 0 Å². The highest BCUT2D eigenvalue weighted by Crippen LogP contribution is 2.23. The third-order valence-electron chi connectivity index (χ3n) is 4.31. The van der Waals surface area contributed by atoms with Crippen LogP contribution < -0.4 is 5.32 Å². The molecule has 1 fully saturated rings. The molecule has 0 unspecified atom stereocenters. The number of nitrogens with zero attached hydrogens (tertiary/aromatic N) is 4. The number of piperidine rings is 1. The van der Waals surface area contributed by atoms with Crippen molar-refractivity contribution in [2.24, 2.45) is 5.92 Å². The molecule has 3 heterocycles. The van der Waals surface area contributed by atoms with Crippen LogP contribution in [0.1, 0.15) is 45.1 Å². The highest BCUT2D eigenvalue weighted by Gasteiger charge is 2.27. The molecule has 3 rings (SSSR count). The van der Waals surface area contributed by atoms with Crippen molar-refractivity contribution in [2.75, 3.05) is 18.4 Å². The molecular weight excluding hydrogens is 362 g/mol. The lowest BCUT2D eigenvalue weighted by atomic mass is 9.93. The molecule has 1 amide bonds. The highest BCUT2D eigenvalue weighted by atomic mass is 32.1. The maximum Gasteiger partial charge on any atom is 0.410 e. The number of thiazole rings is 1. The predicted molar refractivity (Wildman–Crippen MR) is 106 cm³/mol. The van der Waals surface area contributed by atoms with E-state index in [0.29, 0.717) is 5.92 Å². The van der Waals surface area contributed by atoms with Crippen LogP contribution in [0.15, 0.2) is 17.6 Å². The van der Waals surface area contributed by atoms with Crippen molar-refractivity contribution < 1.29 is 9.53 Å². The molecule has 2 aromatic rings. The number of anilines is 2. The molecule has 2 aromatic heterocycles. The van der Waals surface area contributed by atoms with Gasteiger partial charge in [0, 0.05) is 42.8 Å². The van der Waals surface area contributed by atoms with E-state index in [2.05, 4.69) is 20.3 Å². The van der Waals surface area contributed by atoms with Crippen molar-refractivity contribution in [3.63, 3.8) is 0 Å². The summed E-state index contributed by atoms with van der Waals surface area (Å²) >= 11 is 1.54. The zero-order chi connectivity index (χ0) is 19.4. The lowest BCUT2D eigenvalue weighted by Crippen LogP contribution is -2.42. The van der Waals surface area contributed by atoms with Gasteiger partial charge in [-0.15, -0.1) is 11.3 Å². The molecule has 0 spiro atoms. The fraction of sp³-hybridized carbons (Fsp3) is 0.579. The number of carbonyl (C=O) groups is 1. The highest BCUT2D eigenvalue weighted by molar-refractivity contribution is 7.13. The molecule has 8 heteroatoms. The fourth-order valence-electron chi connectivity index (χ4n) is 3.08. The molecule has 0 aliphatic carbocycles. The molecule has 0 saturated carbocycles. The van der Waals surface area contributed by atoms with E-state index < -0.39 is 5.60 Å². The standard InChI is InChI=1S/C19H27N5O2S/c1-13-11-15(23-17-20-7-10-27-17)22-16(21-13)12-14-5-8-24(9-6-14)18(25)26-19(2,3)4/h7,10-11,14H,5-6,8-9,12H2,1-4H3,(H,20,21,22,23). The van der Waals surface area contributed by atoms with E-state index in [1.807, 2.05) is 39.1 Å². The van der Waals surface area contributed by atoms with E-state index in [4.69, 9.17) is 4.74 Å². The van der Waals surface area contributed by atoms with E-state index in [1.54, 1.807) is 11.1 Å². The Morgan fingerprint density at radius 2 is 2.07 bits per heavy atom. The number of rotatable bonds is 4. The minimum absolute atomic E-state index is 0.220. The summed E-state index contributed by atoms with van der Waals surface area (Å²) in [6, 6.07) is 1.93. The predicted octanol–water partition coefficient (Wildman–Crippen LogP) is 4.17. The largest absolute Gasteiger partial charge is 0.444 e. The first-order valence-corrected chi connectivity index (χ1v) is 10.2. The quantitative estimate of drug-likeness (QED) is 0.845. The van der Waals surface area contributed by atoms with Crippen LogP contribution in [0.4, 0.5) is 15.7 Å². The van der Waals surface area contributed by atoms with Crippen LogP contribution in [0.25, 0.3) is 0 Å². The van der Waals surface area contributed by atoms with E-state index >= 15 is 0 Å². The van der Waals surface area contributed by atoms with E-state index in [0.717, 1.165) is 54.8 Å². The Hall–Kier alpha value is -2.22. The Kier molecular flexibility index (Phi) is 5.94. The Balaban J connectivity index is 1.56. The molecule has 0 bridgehead atoms. The normalized spacial score (nSPS) is 15.6. The molecule has 1 aliphatic heterocycles. The number of ether oxygens (including phenoxy) is 1. The van der Waals surface area contributed by atoms with Gasteiger partial charge in [-0.05, 0) is 46.5 Å². The summed E-state index contributed by atoms with van der Waals surface area (Å²) in [5.74, 6) is 2.08. The van der Waals surface area contributed by atoms with Crippen LogP contribution in [0.2, 0.25) is 0 Å². The maximum absolute atomic E-state index is 12.2. The fourth-order valence-corrected chi connectivity index (χ4v) is 3.62. The second-order valence-corrected chi connectivity index (χ2v) is 8.78. The number of aromatic nitrogens is 3. The summed E-state index contributed by atoms with van der Waals surface area (Å²) < 4.78 is 5.46. The van der Waals surface area contributed by atoms with Crippen molar-refractivity contribution in [3.05, 3.63) is 29.2 Å². The maximum atomic E-state index is 12.2. The van der Waals surface area contributed by atoms with E-state index in [1.165, 1.54) is 11.3 Å². The number of hydrogen-bond donors (Lipinski definition) is 1. The molecule has 1 N–H and O–H groups in total. The Morgan fingerprint density at radius 1 is 1.33 bits per heavy atom. The minimum atomic E-state index is -0.454. The van der Waals surface area contributed by atoms with E-state index in [9.17, 15) is 4.79 Å². The van der Waals surface area contributed by atoms with E-state index in [-0.39, 0.29) is 6.09 Å². The lowest BCUT2D eigenvalue weighted by Gasteiger charge is -2.33. The number of hydrogen-bond acceptors (Lipinski definition) is 7. The number of carbonyl (C=O) groups excluding carboxylic acids is 1.